The quantitative estimate of drug-likeness (QED) is 0.773. The minimum Gasteiger partial charge on any atom is -0.467 e. The van der Waals surface area contributed by atoms with E-state index < -0.39 is 0 Å². The first-order valence-corrected chi connectivity index (χ1v) is 5.79. The Balaban J connectivity index is 2.38. The van der Waals surface area contributed by atoms with Crippen LogP contribution in [0, 0.1) is 12.7 Å². The van der Waals surface area contributed by atoms with Crippen molar-refractivity contribution in [3.8, 4) is 0 Å². The summed E-state index contributed by atoms with van der Waals surface area (Å²) in [6, 6.07) is 6.09. The van der Waals surface area contributed by atoms with Crippen LogP contribution in [-0.2, 0) is 9.53 Å². The van der Waals surface area contributed by atoms with Crippen molar-refractivity contribution in [3.63, 3.8) is 0 Å². The lowest BCUT2D eigenvalue weighted by atomic mass is 9.92. The molecule has 0 bridgehead atoms. The molecule has 19 heavy (non-hydrogen) atoms. The molecule has 0 aliphatic heterocycles. The number of aromatic nitrogens is 2. The first-order valence-electron chi connectivity index (χ1n) is 5.79. The van der Waals surface area contributed by atoms with Crippen molar-refractivity contribution in [3.05, 3.63) is 59.4 Å². The molecule has 1 aromatic carbocycles. The molecule has 0 aliphatic rings. The topological polar surface area (TPSA) is 52.1 Å². The lowest BCUT2D eigenvalue weighted by Crippen LogP contribution is -2.11. The number of benzene rings is 1. The van der Waals surface area contributed by atoms with Gasteiger partial charge in [0.2, 0.25) is 0 Å². The Kier molecular flexibility index (Phi) is 4.18. The van der Waals surface area contributed by atoms with Crippen LogP contribution in [-0.4, -0.2) is 23.0 Å². The predicted octanol–water partition coefficient (Wildman–Crippen LogP) is 2.23. The number of rotatable bonds is 5. The Bertz CT molecular complexity index is 558. The van der Waals surface area contributed by atoms with Gasteiger partial charge < -0.3 is 4.74 Å². The predicted molar refractivity (Wildman–Crippen MR) is 67.0 cm³/mol. The van der Waals surface area contributed by atoms with Crippen LogP contribution in [0.2, 0.25) is 0 Å². The molecule has 1 aromatic heterocycles. The van der Waals surface area contributed by atoms with Crippen LogP contribution in [0.25, 0.3) is 0 Å². The summed E-state index contributed by atoms with van der Waals surface area (Å²) in [5.41, 5.74) is 2.51. The molecule has 2 aromatic rings. The Hall–Kier alpha value is -2.30. The number of hydrogen-bond acceptors (Lipinski definition) is 4. The molecule has 4 nitrogen and oxygen atoms in total. The number of carbonyl (C=O) groups excluding carboxylic acids is 1. The van der Waals surface area contributed by atoms with Gasteiger partial charge in [-0.25, -0.2) is 14.4 Å². The molecule has 0 fully saturated rings. The number of halogens is 1. The maximum Gasteiger partial charge on any atom is 0.293 e. The summed E-state index contributed by atoms with van der Waals surface area (Å²) in [7, 11) is 0. The molecule has 1 unspecified atom stereocenters. The number of aryl methyl sites for hydroxylation is 1. The van der Waals surface area contributed by atoms with E-state index in [1.807, 2.05) is 6.92 Å². The van der Waals surface area contributed by atoms with Gasteiger partial charge in [-0.1, -0.05) is 12.1 Å². The fourth-order valence-electron chi connectivity index (χ4n) is 1.94. The second kappa shape index (κ2) is 6.04. The molecule has 0 saturated carbocycles. The summed E-state index contributed by atoms with van der Waals surface area (Å²) in [6.07, 6.45) is 3.14. The van der Waals surface area contributed by atoms with Crippen LogP contribution in [0.1, 0.15) is 22.7 Å². The largest absolute Gasteiger partial charge is 0.467 e. The van der Waals surface area contributed by atoms with E-state index in [9.17, 15) is 9.18 Å². The van der Waals surface area contributed by atoms with Crippen molar-refractivity contribution in [1.29, 1.82) is 0 Å². The molecular formula is C14H13FN2O2. The molecule has 0 spiro atoms. The highest BCUT2D eigenvalue weighted by Crippen LogP contribution is 2.26. The first kappa shape index (κ1) is 13.1. The standard InChI is InChI=1S/C14H13FN2O2/c1-10-13(6-16-8-17-10)14(7-19-9-18)11-2-4-12(15)5-3-11/h2-6,8-9,14H,7H2,1H3. The molecule has 5 heteroatoms. The zero-order valence-electron chi connectivity index (χ0n) is 10.4. The Morgan fingerprint density at radius 3 is 2.74 bits per heavy atom. The van der Waals surface area contributed by atoms with Gasteiger partial charge in [0.15, 0.2) is 0 Å². The van der Waals surface area contributed by atoms with E-state index in [-0.39, 0.29) is 18.3 Å². The van der Waals surface area contributed by atoms with E-state index in [0.29, 0.717) is 6.47 Å². The van der Waals surface area contributed by atoms with Crippen molar-refractivity contribution in [2.45, 2.75) is 12.8 Å². The van der Waals surface area contributed by atoms with Crippen molar-refractivity contribution < 1.29 is 13.9 Å². The van der Waals surface area contributed by atoms with Gasteiger partial charge in [-0.3, -0.25) is 4.79 Å². The molecule has 1 heterocycles. The smallest absolute Gasteiger partial charge is 0.293 e. The van der Waals surface area contributed by atoms with Crippen LogP contribution in [0.3, 0.4) is 0 Å². The van der Waals surface area contributed by atoms with E-state index in [1.54, 1.807) is 18.3 Å². The highest BCUT2D eigenvalue weighted by molar-refractivity contribution is 5.39. The zero-order valence-corrected chi connectivity index (χ0v) is 10.4. The van der Waals surface area contributed by atoms with E-state index in [0.717, 1.165) is 16.8 Å². The Morgan fingerprint density at radius 1 is 1.37 bits per heavy atom. The number of carbonyl (C=O) groups is 1. The second-order valence-corrected chi connectivity index (χ2v) is 4.10. The van der Waals surface area contributed by atoms with Gasteiger partial charge in [-0.05, 0) is 24.6 Å². The maximum absolute atomic E-state index is 13.0. The highest BCUT2D eigenvalue weighted by atomic mass is 19.1. The molecule has 0 aliphatic carbocycles. The van der Waals surface area contributed by atoms with Crippen molar-refractivity contribution in [2.24, 2.45) is 0 Å². The molecule has 1 atom stereocenters. The summed E-state index contributed by atoms with van der Waals surface area (Å²) in [6.45, 7) is 2.42. The maximum atomic E-state index is 13.0. The average molecular weight is 260 g/mol. The molecule has 0 radical (unpaired) electrons. The minimum atomic E-state index is -0.306. The van der Waals surface area contributed by atoms with Crippen molar-refractivity contribution in [2.75, 3.05) is 6.61 Å². The third-order valence-electron chi connectivity index (χ3n) is 2.93. The van der Waals surface area contributed by atoms with E-state index >= 15 is 0 Å². The minimum absolute atomic E-state index is 0.170. The highest BCUT2D eigenvalue weighted by Gasteiger charge is 2.18. The molecule has 0 amide bonds. The lowest BCUT2D eigenvalue weighted by molar-refractivity contribution is -0.128. The molecule has 0 saturated heterocycles. The van der Waals surface area contributed by atoms with Crippen molar-refractivity contribution >= 4 is 6.47 Å². The monoisotopic (exact) mass is 260 g/mol. The second-order valence-electron chi connectivity index (χ2n) is 4.10. The molecule has 98 valence electrons. The lowest BCUT2D eigenvalue weighted by Gasteiger charge is -2.17. The van der Waals surface area contributed by atoms with Crippen LogP contribution in [0.15, 0.2) is 36.8 Å². The molecule has 0 N–H and O–H groups in total. The third-order valence-corrected chi connectivity index (χ3v) is 2.93. The summed E-state index contributed by atoms with van der Waals surface area (Å²) in [5, 5.41) is 0. The Labute approximate surface area is 110 Å². The van der Waals surface area contributed by atoms with E-state index in [2.05, 4.69) is 9.97 Å². The Morgan fingerprint density at radius 2 is 2.11 bits per heavy atom. The van der Waals surface area contributed by atoms with Crippen LogP contribution < -0.4 is 0 Å². The molecule has 2 rings (SSSR count). The summed E-state index contributed by atoms with van der Waals surface area (Å²) < 4.78 is 17.8. The SMILES string of the molecule is Cc1ncncc1C(COC=O)c1ccc(F)cc1. The summed E-state index contributed by atoms with van der Waals surface area (Å²) in [4.78, 5) is 18.5. The summed E-state index contributed by atoms with van der Waals surface area (Å²) in [5.74, 6) is -0.508. The number of ether oxygens (including phenoxy) is 1. The van der Waals surface area contributed by atoms with Crippen LogP contribution >= 0.6 is 0 Å². The normalized spacial score (nSPS) is 11.9. The average Bonchev–Trinajstić information content (AvgIpc) is 2.43. The van der Waals surface area contributed by atoms with Gasteiger partial charge in [-0.15, -0.1) is 0 Å². The van der Waals surface area contributed by atoms with Gasteiger partial charge in [0.05, 0.1) is 0 Å². The molecular weight excluding hydrogens is 247 g/mol. The van der Waals surface area contributed by atoms with Gasteiger partial charge in [0, 0.05) is 23.4 Å². The first-order chi connectivity index (χ1) is 9.22. The van der Waals surface area contributed by atoms with E-state index in [4.69, 9.17) is 4.74 Å². The van der Waals surface area contributed by atoms with E-state index in [1.165, 1.54) is 18.5 Å². The van der Waals surface area contributed by atoms with Gasteiger partial charge in [-0.2, -0.15) is 0 Å². The van der Waals surface area contributed by atoms with Gasteiger partial charge >= 0.3 is 0 Å². The fraction of sp³-hybridized carbons (Fsp3) is 0.214. The zero-order chi connectivity index (χ0) is 13.7. The number of hydrogen-bond donors (Lipinski definition) is 0. The third kappa shape index (κ3) is 3.13. The van der Waals surface area contributed by atoms with Crippen LogP contribution in [0.5, 0.6) is 0 Å². The summed E-state index contributed by atoms with van der Waals surface area (Å²) >= 11 is 0. The van der Waals surface area contributed by atoms with Crippen LogP contribution in [0.4, 0.5) is 4.39 Å². The number of nitrogens with zero attached hydrogens (tertiary/aromatic N) is 2. The van der Waals surface area contributed by atoms with Gasteiger partial charge in [0.25, 0.3) is 6.47 Å². The van der Waals surface area contributed by atoms with Crippen molar-refractivity contribution in [1.82, 2.24) is 9.97 Å². The van der Waals surface area contributed by atoms with Gasteiger partial charge in [0.1, 0.15) is 18.8 Å². The fourth-order valence-corrected chi connectivity index (χ4v) is 1.94.